The Morgan fingerprint density at radius 3 is 2.58 bits per heavy atom. The van der Waals surface area contributed by atoms with Gasteiger partial charge in [0.05, 0.1) is 13.2 Å². The first-order valence-corrected chi connectivity index (χ1v) is 5.13. The molecule has 1 atom stereocenters. The van der Waals surface area contributed by atoms with Gasteiger partial charge in [0, 0.05) is 18.6 Å². The Bertz CT molecular complexity index is 123. The summed E-state index contributed by atoms with van der Waals surface area (Å²) in [5.41, 5.74) is 0. The topological polar surface area (TPSA) is 12.5 Å². The van der Waals surface area contributed by atoms with Gasteiger partial charge in [-0.3, -0.25) is 4.90 Å². The predicted octanol–water partition coefficient (Wildman–Crippen LogP) is 1.90. The zero-order valence-electron chi connectivity index (χ0n) is 8.55. The van der Waals surface area contributed by atoms with E-state index in [0.29, 0.717) is 6.04 Å². The summed E-state index contributed by atoms with van der Waals surface area (Å²) < 4.78 is 5.41. The summed E-state index contributed by atoms with van der Waals surface area (Å²) >= 11 is 0. The van der Waals surface area contributed by atoms with Crippen molar-refractivity contribution >= 4 is 0 Å². The second-order valence-electron chi connectivity index (χ2n) is 3.63. The highest BCUT2D eigenvalue weighted by Gasteiger charge is 2.23. The molecule has 72 valence electrons. The maximum absolute atomic E-state index is 5.41. The fourth-order valence-electron chi connectivity index (χ4n) is 2.04. The molecular weight excluding hydrogens is 150 g/mol. The first kappa shape index (κ1) is 10.0. The van der Waals surface area contributed by atoms with Crippen LogP contribution in [-0.4, -0.2) is 36.7 Å². The van der Waals surface area contributed by atoms with E-state index in [0.717, 1.165) is 25.8 Å². The molecule has 2 heteroatoms. The lowest BCUT2D eigenvalue weighted by Crippen LogP contribution is -2.48. The highest BCUT2D eigenvalue weighted by Crippen LogP contribution is 2.15. The molecule has 0 N–H and O–H groups in total. The van der Waals surface area contributed by atoms with Crippen LogP contribution in [0.25, 0.3) is 0 Å². The zero-order chi connectivity index (χ0) is 8.97. The van der Waals surface area contributed by atoms with Crippen LogP contribution in [0, 0.1) is 0 Å². The maximum Gasteiger partial charge on any atom is 0.0619 e. The fraction of sp³-hybridized carbons (Fsp3) is 1.00. The summed E-state index contributed by atoms with van der Waals surface area (Å²) in [6.07, 6.45) is 2.53. The molecule has 0 aromatic carbocycles. The Morgan fingerprint density at radius 2 is 2.08 bits per heavy atom. The third-order valence-corrected chi connectivity index (χ3v) is 2.83. The minimum absolute atomic E-state index is 0.614. The minimum Gasteiger partial charge on any atom is -0.379 e. The van der Waals surface area contributed by atoms with E-state index in [1.807, 2.05) is 0 Å². The van der Waals surface area contributed by atoms with Gasteiger partial charge >= 0.3 is 0 Å². The van der Waals surface area contributed by atoms with Gasteiger partial charge in [-0.15, -0.1) is 0 Å². The number of morpholine rings is 1. The summed E-state index contributed by atoms with van der Waals surface area (Å²) in [6, 6.07) is 1.38. The minimum atomic E-state index is 0.614. The highest BCUT2D eigenvalue weighted by atomic mass is 16.5. The second kappa shape index (κ2) is 4.83. The Balaban J connectivity index is 2.45. The molecule has 1 saturated heterocycles. The second-order valence-corrected chi connectivity index (χ2v) is 3.63. The van der Waals surface area contributed by atoms with Crippen molar-refractivity contribution in [1.29, 1.82) is 0 Å². The van der Waals surface area contributed by atoms with E-state index in [-0.39, 0.29) is 0 Å². The monoisotopic (exact) mass is 171 g/mol. The van der Waals surface area contributed by atoms with E-state index in [2.05, 4.69) is 25.7 Å². The number of ether oxygens (including phenoxy) is 1. The van der Waals surface area contributed by atoms with E-state index < -0.39 is 0 Å². The molecule has 0 spiro atoms. The molecule has 0 aliphatic carbocycles. The van der Waals surface area contributed by atoms with Gasteiger partial charge in [-0.2, -0.15) is 0 Å². The quantitative estimate of drug-likeness (QED) is 0.643. The summed E-state index contributed by atoms with van der Waals surface area (Å²) in [5.74, 6) is 0. The third kappa shape index (κ3) is 2.20. The van der Waals surface area contributed by atoms with Crippen LogP contribution in [0.3, 0.4) is 0 Å². The van der Waals surface area contributed by atoms with Crippen molar-refractivity contribution in [3.05, 3.63) is 0 Å². The average molecular weight is 171 g/mol. The SMILES string of the molecule is CCC(CC)N1CCOC[C@@H]1C. The van der Waals surface area contributed by atoms with Crippen LogP contribution in [0.2, 0.25) is 0 Å². The van der Waals surface area contributed by atoms with Crippen LogP contribution in [-0.2, 0) is 4.74 Å². The molecule has 1 aliphatic rings. The van der Waals surface area contributed by atoms with E-state index in [1.54, 1.807) is 0 Å². The average Bonchev–Trinajstić information content (AvgIpc) is 2.10. The van der Waals surface area contributed by atoms with Crippen LogP contribution in [0.5, 0.6) is 0 Å². The molecule has 1 heterocycles. The van der Waals surface area contributed by atoms with E-state index >= 15 is 0 Å². The Labute approximate surface area is 75.9 Å². The smallest absolute Gasteiger partial charge is 0.0619 e. The van der Waals surface area contributed by atoms with Crippen molar-refractivity contribution in [2.45, 2.75) is 45.7 Å². The lowest BCUT2D eigenvalue weighted by molar-refractivity contribution is -0.0234. The molecular formula is C10H21NO. The normalized spacial score (nSPS) is 26.5. The molecule has 1 fully saturated rings. The van der Waals surface area contributed by atoms with Crippen LogP contribution < -0.4 is 0 Å². The lowest BCUT2D eigenvalue weighted by atomic mass is 10.1. The Morgan fingerprint density at radius 1 is 1.42 bits per heavy atom. The molecule has 2 nitrogen and oxygen atoms in total. The zero-order valence-corrected chi connectivity index (χ0v) is 8.55. The van der Waals surface area contributed by atoms with Crippen LogP contribution in [0.1, 0.15) is 33.6 Å². The van der Waals surface area contributed by atoms with Crippen molar-refractivity contribution in [3.63, 3.8) is 0 Å². The molecule has 0 amide bonds. The third-order valence-electron chi connectivity index (χ3n) is 2.83. The lowest BCUT2D eigenvalue weighted by Gasteiger charge is -2.38. The van der Waals surface area contributed by atoms with Crippen molar-refractivity contribution in [1.82, 2.24) is 4.90 Å². The molecule has 1 aliphatic heterocycles. The van der Waals surface area contributed by atoms with E-state index in [1.165, 1.54) is 12.8 Å². The largest absolute Gasteiger partial charge is 0.379 e. The number of nitrogens with zero attached hydrogens (tertiary/aromatic N) is 1. The van der Waals surface area contributed by atoms with E-state index in [9.17, 15) is 0 Å². The summed E-state index contributed by atoms with van der Waals surface area (Å²) in [7, 11) is 0. The molecule has 0 radical (unpaired) electrons. The van der Waals surface area contributed by atoms with Gasteiger partial charge in [-0.05, 0) is 19.8 Å². The van der Waals surface area contributed by atoms with Crippen molar-refractivity contribution in [3.8, 4) is 0 Å². The summed E-state index contributed by atoms with van der Waals surface area (Å²) in [5, 5.41) is 0. The van der Waals surface area contributed by atoms with Gasteiger partial charge < -0.3 is 4.74 Å². The van der Waals surface area contributed by atoms with Gasteiger partial charge in [0.15, 0.2) is 0 Å². The number of hydrogen-bond acceptors (Lipinski definition) is 2. The summed E-state index contributed by atoms with van der Waals surface area (Å²) in [6.45, 7) is 9.76. The molecule has 0 saturated carbocycles. The van der Waals surface area contributed by atoms with Gasteiger partial charge in [-0.1, -0.05) is 13.8 Å². The van der Waals surface area contributed by atoms with Gasteiger partial charge in [0.25, 0.3) is 0 Å². The van der Waals surface area contributed by atoms with Crippen molar-refractivity contribution in [2.75, 3.05) is 19.8 Å². The molecule has 1 rings (SSSR count). The van der Waals surface area contributed by atoms with Crippen LogP contribution in [0.4, 0.5) is 0 Å². The predicted molar refractivity (Wildman–Crippen MR) is 51.4 cm³/mol. The Kier molecular flexibility index (Phi) is 4.02. The molecule has 0 aromatic rings. The van der Waals surface area contributed by atoms with Crippen LogP contribution >= 0.6 is 0 Å². The molecule has 12 heavy (non-hydrogen) atoms. The molecule has 0 aromatic heterocycles. The van der Waals surface area contributed by atoms with Gasteiger partial charge in [-0.25, -0.2) is 0 Å². The van der Waals surface area contributed by atoms with E-state index in [4.69, 9.17) is 4.74 Å². The summed E-state index contributed by atoms with van der Waals surface area (Å²) in [4.78, 5) is 2.59. The van der Waals surface area contributed by atoms with Crippen molar-refractivity contribution < 1.29 is 4.74 Å². The molecule has 0 unspecified atom stereocenters. The van der Waals surface area contributed by atoms with Gasteiger partial charge in [0.1, 0.15) is 0 Å². The highest BCUT2D eigenvalue weighted by molar-refractivity contribution is 4.77. The maximum atomic E-state index is 5.41. The Hall–Kier alpha value is -0.0800. The van der Waals surface area contributed by atoms with Crippen LogP contribution in [0.15, 0.2) is 0 Å². The first-order valence-electron chi connectivity index (χ1n) is 5.13. The van der Waals surface area contributed by atoms with Gasteiger partial charge in [0.2, 0.25) is 0 Å². The first-order chi connectivity index (χ1) is 5.79. The molecule has 0 bridgehead atoms. The fourth-order valence-corrected chi connectivity index (χ4v) is 2.04. The number of hydrogen-bond donors (Lipinski definition) is 0. The standard InChI is InChI=1S/C10H21NO/c1-4-10(5-2)11-6-7-12-8-9(11)3/h9-10H,4-8H2,1-3H3/t9-/m0/s1. The van der Waals surface area contributed by atoms with Crippen molar-refractivity contribution in [2.24, 2.45) is 0 Å². The number of rotatable bonds is 3.